The zero-order chi connectivity index (χ0) is 46.7. The molecule has 4 N–H and O–H groups in total. The van der Waals surface area contributed by atoms with Gasteiger partial charge in [0.2, 0.25) is 0 Å². The van der Waals surface area contributed by atoms with E-state index in [-0.39, 0.29) is 54.2 Å². The third-order valence-electron chi connectivity index (χ3n) is 15.1. The van der Waals surface area contributed by atoms with E-state index in [1.54, 1.807) is 0 Å². The first-order valence-corrected chi connectivity index (χ1v) is 24.4. The number of aromatic amines is 2. The summed E-state index contributed by atoms with van der Waals surface area (Å²) in [4.78, 5) is 52.0. The summed E-state index contributed by atoms with van der Waals surface area (Å²) >= 11 is 0. The van der Waals surface area contributed by atoms with Crippen LogP contribution in [0.5, 0.6) is 0 Å². The van der Waals surface area contributed by atoms with Crippen LogP contribution in [-0.4, -0.2) is 64.9 Å². The number of benzene rings is 5. The van der Waals surface area contributed by atoms with E-state index in [0.717, 1.165) is 77.9 Å². The number of carbonyl (C=O) groups is 2. The summed E-state index contributed by atoms with van der Waals surface area (Å²) in [5.74, 6) is 0.938. The monoisotopic (exact) mass is 897 g/mol. The number of hydrogen-bond donors (Lipinski definition) is 4. The lowest BCUT2D eigenvalue weighted by Gasteiger charge is -2.34. The Labute approximate surface area is 393 Å². The second-order valence-electron chi connectivity index (χ2n) is 20.1. The SMILES string of the molecule is CC[C@](O)(C(=O)N1CCC[C@H]1c1nc2ccc([C@H]3CC[C@H](c4ccc5nc([C@@H]6CCCN6C(=O)[C@@](O)(CC)c6ccccc6)[nH]c5c4)N3c3ccc(C(C)(C)C)cc3)cc2[nH]1)c1ccccc1. The van der Waals surface area contributed by atoms with Gasteiger partial charge < -0.3 is 34.9 Å². The lowest BCUT2D eigenvalue weighted by molar-refractivity contribution is -0.154. The minimum atomic E-state index is -1.61. The summed E-state index contributed by atoms with van der Waals surface area (Å²) in [7, 11) is 0. The maximum absolute atomic E-state index is 14.2. The first-order valence-electron chi connectivity index (χ1n) is 24.4. The molecule has 5 aromatic carbocycles. The van der Waals surface area contributed by atoms with Crippen LogP contribution in [0.3, 0.4) is 0 Å². The van der Waals surface area contributed by atoms with E-state index < -0.39 is 11.2 Å². The molecule has 7 aromatic rings. The number of imidazole rings is 2. The van der Waals surface area contributed by atoms with Gasteiger partial charge in [0, 0.05) is 18.8 Å². The Hall–Kier alpha value is -6.30. The number of nitrogens with zero attached hydrogens (tertiary/aromatic N) is 5. The van der Waals surface area contributed by atoms with E-state index in [4.69, 9.17) is 9.97 Å². The first-order chi connectivity index (χ1) is 32.3. The molecule has 0 radical (unpaired) electrons. The molecule has 2 amide bonds. The van der Waals surface area contributed by atoms with Crippen LogP contribution in [0.25, 0.3) is 22.1 Å². The predicted octanol–water partition coefficient (Wildman–Crippen LogP) is 10.7. The summed E-state index contributed by atoms with van der Waals surface area (Å²) < 4.78 is 0. The van der Waals surface area contributed by atoms with Crippen molar-refractivity contribution < 1.29 is 19.8 Å². The van der Waals surface area contributed by atoms with Crippen molar-refractivity contribution in [2.45, 2.75) is 127 Å². The van der Waals surface area contributed by atoms with Crippen molar-refractivity contribution in [3.8, 4) is 0 Å². The van der Waals surface area contributed by atoms with Crippen molar-refractivity contribution >= 4 is 39.6 Å². The lowest BCUT2D eigenvalue weighted by atomic mass is 9.87. The van der Waals surface area contributed by atoms with Crippen LogP contribution >= 0.6 is 0 Å². The zero-order valence-corrected chi connectivity index (χ0v) is 39.4. The van der Waals surface area contributed by atoms with Crippen LogP contribution in [0.15, 0.2) is 121 Å². The highest BCUT2D eigenvalue weighted by molar-refractivity contribution is 5.88. The van der Waals surface area contributed by atoms with Gasteiger partial charge in [0.25, 0.3) is 11.8 Å². The molecule has 0 bridgehead atoms. The van der Waals surface area contributed by atoms with E-state index >= 15 is 0 Å². The number of fused-ring (bicyclic) bond motifs is 2. The third kappa shape index (κ3) is 7.89. The maximum atomic E-state index is 14.2. The third-order valence-corrected chi connectivity index (χ3v) is 15.1. The van der Waals surface area contributed by atoms with Crippen molar-refractivity contribution in [2.24, 2.45) is 0 Å². The second-order valence-corrected chi connectivity index (χ2v) is 20.1. The smallest absolute Gasteiger partial charge is 0.259 e. The van der Waals surface area contributed by atoms with E-state index in [2.05, 4.69) is 96.3 Å². The molecule has 10 rings (SSSR count). The van der Waals surface area contributed by atoms with Crippen LogP contribution in [0, 0.1) is 0 Å². The summed E-state index contributed by atoms with van der Waals surface area (Å²) in [6, 6.07) is 40.3. The molecule has 67 heavy (non-hydrogen) atoms. The van der Waals surface area contributed by atoms with Crippen molar-refractivity contribution in [3.05, 3.63) is 161 Å². The van der Waals surface area contributed by atoms with Gasteiger partial charge >= 0.3 is 0 Å². The molecule has 2 aromatic heterocycles. The first kappa shape index (κ1) is 44.5. The number of likely N-dealkylation sites (tertiary alicyclic amines) is 2. The van der Waals surface area contributed by atoms with E-state index in [9.17, 15) is 19.8 Å². The number of nitrogens with one attached hydrogen (secondary N) is 2. The van der Waals surface area contributed by atoms with Crippen LogP contribution in [0.2, 0.25) is 0 Å². The Kier molecular flexibility index (Phi) is 11.6. The number of amides is 2. The van der Waals surface area contributed by atoms with Crippen molar-refractivity contribution in [1.82, 2.24) is 29.7 Å². The molecule has 3 aliphatic rings. The fourth-order valence-corrected chi connectivity index (χ4v) is 11.2. The van der Waals surface area contributed by atoms with Gasteiger partial charge in [-0.3, -0.25) is 9.59 Å². The Morgan fingerprint density at radius 2 is 1.00 bits per heavy atom. The molecule has 0 saturated carbocycles. The maximum Gasteiger partial charge on any atom is 0.259 e. The summed E-state index contributed by atoms with van der Waals surface area (Å²) in [5, 5.41) is 23.6. The topological polar surface area (TPSA) is 142 Å². The summed E-state index contributed by atoms with van der Waals surface area (Å²) in [6.07, 6.45) is 5.63. The van der Waals surface area contributed by atoms with Crippen molar-refractivity contribution in [3.63, 3.8) is 0 Å². The normalized spacial score (nSPS) is 21.9. The molecule has 11 heteroatoms. The van der Waals surface area contributed by atoms with Gasteiger partial charge in [-0.1, -0.05) is 120 Å². The van der Waals surface area contributed by atoms with Crippen LogP contribution in [0.1, 0.15) is 150 Å². The lowest BCUT2D eigenvalue weighted by Crippen LogP contribution is -2.46. The molecule has 3 saturated heterocycles. The molecular formula is C56H63N7O4. The van der Waals surface area contributed by atoms with Crippen LogP contribution < -0.4 is 4.90 Å². The minimum absolute atomic E-state index is 0.0155. The number of H-pyrrole nitrogens is 2. The van der Waals surface area contributed by atoms with Gasteiger partial charge in [-0.2, -0.15) is 0 Å². The number of hydrogen-bond acceptors (Lipinski definition) is 7. The highest BCUT2D eigenvalue weighted by atomic mass is 16.3. The van der Waals surface area contributed by atoms with Gasteiger partial charge in [0.15, 0.2) is 11.2 Å². The summed E-state index contributed by atoms with van der Waals surface area (Å²) in [6.45, 7) is 11.6. The molecule has 3 fully saturated rings. The average molecular weight is 898 g/mol. The average Bonchev–Trinajstić information content (AvgIpc) is 4.22. The standard InChI is InChI=1S/C56H63N7O4/c1-6-55(66,39-16-10-8-11-17-39)52(64)61-32-14-20-48(61)50-57-42-28-22-36(34-44(42)59-50)46-30-31-47(63(46)41-26-24-38(25-27-41)54(3,4)5)37-23-29-43-45(35-37)60-51(58-43)49-21-15-33-62(49)53(65)56(67,7-2)40-18-12-9-13-19-40/h8-13,16-19,22-29,34-35,46-49,66-67H,6-7,14-15,20-21,30-33H2,1-5H3,(H,57,59)(H,58,60)/t46-,47-,48+,49+,55-,56-/m1/s1. The Bertz CT molecular complexity index is 2740. The second kappa shape index (κ2) is 17.4. The molecule has 3 aliphatic heterocycles. The number of aromatic nitrogens is 4. The summed E-state index contributed by atoms with van der Waals surface area (Å²) in [5.41, 5.74) is 6.39. The Balaban J connectivity index is 0.950. The molecule has 5 heterocycles. The largest absolute Gasteiger partial charge is 0.375 e. The van der Waals surface area contributed by atoms with Gasteiger partial charge in [-0.25, -0.2) is 9.97 Å². The molecule has 346 valence electrons. The van der Waals surface area contributed by atoms with E-state index in [1.807, 2.05) is 84.3 Å². The molecule has 0 unspecified atom stereocenters. The van der Waals surface area contributed by atoms with Gasteiger partial charge in [-0.05, 0) is 121 Å². The van der Waals surface area contributed by atoms with Gasteiger partial charge in [-0.15, -0.1) is 0 Å². The predicted molar refractivity (Wildman–Crippen MR) is 263 cm³/mol. The number of aliphatic hydroxyl groups is 2. The molecule has 0 spiro atoms. The fraction of sp³-hybridized carbons (Fsp3) is 0.393. The van der Waals surface area contributed by atoms with Gasteiger partial charge in [0.05, 0.1) is 46.2 Å². The molecule has 11 nitrogen and oxygen atoms in total. The molecular weight excluding hydrogens is 835 g/mol. The van der Waals surface area contributed by atoms with E-state index in [1.165, 1.54) is 16.7 Å². The highest BCUT2D eigenvalue weighted by Gasteiger charge is 2.46. The van der Waals surface area contributed by atoms with Gasteiger partial charge in [0.1, 0.15) is 11.6 Å². The Morgan fingerprint density at radius 1 is 0.567 bits per heavy atom. The number of anilines is 1. The van der Waals surface area contributed by atoms with Crippen LogP contribution in [-0.2, 0) is 26.2 Å². The van der Waals surface area contributed by atoms with E-state index in [0.29, 0.717) is 24.2 Å². The fourth-order valence-electron chi connectivity index (χ4n) is 11.2. The van der Waals surface area contributed by atoms with Crippen molar-refractivity contribution in [2.75, 3.05) is 18.0 Å². The Morgan fingerprint density at radius 3 is 1.40 bits per heavy atom. The van der Waals surface area contributed by atoms with Crippen molar-refractivity contribution in [1.29, 1.82) is 0 Å². The molecule has 0 aliphatic carbocycles. The number of carbonyl (C=O) groups excluding carboxylic acids is 2. The number of rotatable bonds is 11. The van der Waals surface area contributed by atoms with Crippen LogP contribution in [0.4, 0.5) is 5.69 Å². The minimum Gasteiger partial charge on any atom is -0.375 e. The highest BCUT2D eigenvalue weighted by Crippen LogP contribution is 2.48. The zero-order valence-electron chi connectivity index (χ0n) is 39.4. The molecule has 6 atom stereocenters. The quantitative estimate of drug-likeness (QED) is 0.101.